The van der Waals surface area contributed by atoms with Crippen molar-refractivity contribution in [3.8, 4) is 0 Å². The largest absolute Gasteiger partial charge is 0.481 e. The minimum absolute atomic E-state index is 0.0449. The summed E-state index contributed by atoms with van der Waals surface area (Å²) in [6.45, 7) is 0. The van der Waals surface area contributed by atoms with Gasteiger partial charge in [0, 0.05) is 6.42 Å². The summed E-state index contributed by atoms with van der Waals surface area (Å²) in [5.41, 5.74) is 0. The molecule has 0 amide bonds. The zero-order valence-electron chi connectivity index (χ0n) is 7.68. The smallest absolute Gasteiger partial charge is 0.303 e. The van der Waals surface area contributed by atoms with Crippen molar-refractivity contribution in [2.24, 2.45) is 4.99 Å². The molecule has 3 nitrogen and oxygen atoms in total. The number of carboxylic acids is 1. The van der Waals surface area contributed by atoms with Crippen LogP contribution in [-0.4, -0.2) is 17.1 Å². The highest BCUT2D eigenvalue weighted by Gasteiger charge is 2.09. The number of carboxylic acid groups (broad SMARTS) is 1. The first-order valence-corrected chi connectivity index (χ1v) is 4.62. The molecule has 2 rings (SSSR count). The number of para-hydroxylation sites is 1. The van der Waals surface area contributed by atoms with Gasteiger partial charge in [0.2, 0.25) is 0 Å². The second-order valence-electron chi connectivity index (χ2n) is 3.35. The van der Waals surface area contributed by atoms with Crippen LogP contribution in [0.4, 0.5) is 0 Å². The third kappa shape index (κ3) is 1.82. The maximum atomic E-state index is 10.4. The van der Waals surface area contributed by atoms with E-state index in [1.807, 2.05) is 30.3 Å². The molecule has 1 aliphatic heterocycles. The molecule has 1 N–H and O–H groups in total. The molecule has 1 atom stereocenters. The number of carbonyl (C=O) groups is 1. The van der Waals surface area contributed by atoms with Crippen LogP contribution in [0.5, 0.6) is 0 Å². The van der Waals surface area contributed by atoms with Crippen molar-refractivity contribution >= 4 is 12.0 Å². The zero-order chi connectivity index (χ0) is 9.97. The molecule has 0 fully saturated rings. The lowest BCUT2D eigenvalue weighted by molar-refractivity contribution is -0.137. The second-order valence-corrected chi connectivity index (χ2v) is 3.35. The first-order valence-electron chi connectivity index (χ1n) is 4.62. The van der Waals surface area contributed by atoms with Crippen LogP contribution in [0.3, 0.4) is 0 Å². The SMILES string of the molecule is O=C(O)CCC1C=c2ccccc2=N1. The molecule has 1 aromatic rings. The van der Waals surface area contributed by atoms with Crippen molar-refractivity contribution in [3.63, 3.8) is 0 Å². The molecule has 0 aliphatic carbocycles. The summed E-state index contributed by atoms with van der Waals surface area (Å²) in [6.07, 6.45) is 2.79. The van der Waals surface area contributed by atoms with Gasteiger partial charge in [0.25, 0.3) is 0 Å². The lowest BCUT2D eigenvalue weighted by Crippen LogP contribution is -2.19. The molecule has 1 heterocycles. The molecular formula is C11H11NO2. The van der Waals surface area contributed by atoms with Crippen LogP contribution < -0.4 is 10.6 Å². The lowest BCUT2D eigenvalue weighted by atomic mass is 10.1. The van der Waals surface area contributed by atoms with Crippen molar-refractivity contribution in [1.82, 2.24) is 0 Å². The van der Waals surface area contributed by atoms with Crippen LogP contribution in [0.25, 0.3) is 6.08 Å². The van der Waals surface area contributed by atoms with E-state index in [1.54, 1.807) is 0 Å². The van der Waals surface area contributed by atoms with E-state index in [-0.39, 0.29) is 12.5 Å². The van der Waals surface area contributed by atoms with Crippen molar-refractivity contribution < 1.29 is 9.90 Å². The van der Waals surface area contributed by atoms with Gasteiger partial charge in [-0.3, -0.25) is 9.79 Å². The summed E-state index contributed by atoms with van der Waals surface area (Å²) in [7, 11) is 0. The van der Waals surface area contributed by atoms with Crippen LogP contribution in [0.15, 0.2) is 29.3 Å². The number of fused-ring (bicyclic) bond motifs is 1. The van der Waals surface area contributed by atoms with Gasteiger partial charge in [0.05, 0.1) is 11.4 Å². The first kappa shape index (κ1) is 8.94. The maximum absolute atomic E-state index is 10.4. The summed E-state index contributed by atoms with van der Waals surface area (Å²) in [5.74, 6) is -0.760. The van der Waals surface area contributed by atoms with Gasteiger partial charge in [-0.15, -0.1) is 0 Å². The Kier molecular flexibility index (Phi) is 2.31. The fourth-order valence-corrected chi connectivity index (χ4v) is 1.59. The Morgan fingerprint density at radius 1 is 1.43 bits per heavy atom. The molecule has 0 saturated carbocycles. The van der Waals surface area contributed by atoms with E-state index < -0.39 is 5.97 Å². The average Bonchev–Trinajstić information content (AvgIpc) is 2.57. The number of hydrogen-bond acceptors (Lipinski definition) is 2. The highest BCUT2D eigenvalue weighted by atomic mass is 16.4. The van der Waals surface area contributed by atoms with Crippen LogP contribution in [0, 0.1) is 0 Å². The summed E-state index contributed by atoms with van der Waals surface area (Å²) in [5, 5.41) is 10.6. The molecule has 1 aliphatic rings. The van der Waals surface area contributed by atoms with Gasteiger partial charge in [-0.05, 0) is 17.7 Å². The van der Waals surface area contributed by atoms with Gasteiger partial charge in [-0.2, -0.15) is 0 Å². The van der Waals surface area contributed by atoms with E-state index in [4.69, 9.17) is 5.11 Å². The van der Waals surface area contributed by atoms with Crippen LogP contribution in [-0.2, 0) is 4.79 Å². The molecule has 0 spiro atoms. The summed E-state index contributed by atoms with van der Waals surface area (Å²) < 4.78 is 0. The minimum Gasteiger partial charge on any atom is -0.481 e. The average molecular weight is 189 g/mol. The van der Waals surface area contributed by atoms with Gasteiger partial charge in [0.15, 0.2) is 0 Å². The van der Waals surface area contributed by atoms with E-state index in [9.17, 15) is 4.79 Å². The van der Waals surface area contributed by atoms with Crippen molar-refractivity contribution in [2.75, 3.05) is 0 Å². The number of nitrogens with zero attached hydrogens (tertiary/aromatic N) is 1. The quantitative estimate of drug-likeness (QED) is 0.745. The maximum Gasteiger partial charge on any atom is 0.303 e. The van der Waals surface area contributed by atoms with Crippen LogP contribution >= 0.6 is 0 Å². The van der Waals surface area contributed by atoms with Crippen molar-refractivity contribution in [3.05, 3.63) is 34.8 Å². The van der Waals surface area contributed by atoms with Gasteiger partial charge >= 0.3 is 5.97 Å². The molecule has 1 unspecified atom stereocenters. The topological polar surface area (TPSA) is 49.7 Å². The number of aliphatic carboxylic acids is 1. The van der Waals surface area contributed by atoms with Crippen molar-refractivity contribution in [1.29, 1.82) is 0 Å². The van der Waals surface area contributed by atoms with Gasteiger partial charge < -0.3 is 5.11 Å². The molecule has 0 bridgehead atoms. The van der Waals surface area contributed by atoms with E-state index in [0.717, 1.165) is 10.6 Å². The predicted octanol–water partition coefficient (Wildman–Crippen LogP) is 0.334. The number of hydrogen-bond donors (Lipinski definition) is 1. The van der Waals surface area contributed by atoms with E-state index in [1.165, 1.54) is 0 Å². The third-order valence-corrected chi connectivity index (χ3v) is 2.27. The monoisotopic (exact) mass is 189 g/mol. The van der Waals surface area contributed by atoms with Gasteiger partial charge in [-0.1, -0.05) is 24.3 Å². The molecule has 0 saturated heterocycles. The van der Waals surface area contributed by atoms with Crippen LogP contribution in [0.1, 0.15) is 12.8 Å². The predicted molar refractivity (Wildman–Crippen MR) is 52.3 cm³/mol. The van der Waals surface area contributed by atoms with E-state index >= 15 is 0 Å². The molecule has 0 aromatic heterocycles. The fraction of sp³-hybridized carbons (Fsp3) is 0.273. The molecule has 72 valence electrons. The molecule has 1 aromatic carbocycles. The molecule has 3 heteroatoms. The number of rotatable bonds is 3. The van der Waals surface area contributed by atoms with E-state index in [2.05, 4.69) is 4.99 Å². The van der Waals surface area contributed by atoms with Crippen molar-refractivity contribution in [2.45, 2.75) is 18.9 Å². The standard InChI is InChI=1S/C11H11NO2/c13-11(14)6-5-9-7-8-3-1-2-4-10(8)12-9/h1-4,7,9H,5-6H2,(H,13,14). The van der Waals surface area contributed by atoms with E-state index in [0.29, 0.717) is 6.42 Å². The summed E-state index contributed by atoms with van der Waals surface area (Å²) in [6, 6.07) is 7.90. The Balaban J connectivity index is 2.15. The Hall–Kier alpha value is -1.64. The normalized spacial score (nSPS) is 18.1. The highest BCUT2D eigenvalue weighted by Crippen LogP contribution is 2.04. The Bertz CT molecular complexity index is 429. The summed E-state index contributed by atoms with van der Waals surface area (Å²) >= 11 is 0. The highest BCUT2D eigenvalue weighted by molar-refractivity contribution is 5.66. The van der Waals surface area contributed by atoms with Gasteiger partial charge in [-0.25, -0.2) is 0 Å². The lowest BCUT2D eigenvalue weighted by Gasteiger charge is -1.99. The number of benzene rings is 1. The molecule has 0 radical (unpaired) electrons. The fourth-order valence-electron chi connectivity index (χ4n) is 1.59. The van der Waals surface area contributed by atoms with Gasteiger partial charge in [0.1, 0.15) is 0 Å². The Labute approximate surface area is 81.4 Å². The minimum atomic E-state index is -0.760. The third-order valence-electron chi connectivity index (χ3n) is 2.27. The zero-order valence-corrected chi connectivity index (χ0v) is 7.68. The Morgan fingerprint density at radius 2 is 2.21 bits per heavy atom. The first-order chi connectivity index (χ1) is 6.75. The summed E-state index contributed by atoms with van der Waals surface area (Å²) in [4.78, 5) is 14.8. The van der Waals surface area contributed by atoms with Crippen LogP contribution in [0.2, 0.25) is 0 Å². The molecular weight excluding hydrogens is 178 g/mol. The Morgan fingerprint density at radius 3 is 2.93 bits per heavy atom. The second kappa shape index (κ2) is 3.62. The molecule has 14 heavy (non-hydrogen) atoms.